The van der Waals surface area contributed by atoms with E-state index in [1.165, 1.54) is 6.42 Å². The zero-order valence-corrected chi connectivity index (χ0v) is 13.1. The lowest BCUT2D eigenvalue weighted by Gasteiger charge is -2.38. The van der Waals surface area contributed by atoms with E-state index in [-0.39, 0.29) is 29.4 Å². The molecule has 1 aliphatic carbocycles. The van der Waals surface area contributed by atoms with E-state index in [1.54, 1.807) is 0 Å². The SMILES string of the molecule is CN(C(=O)CC1CCS(=O)(=O)C1)C1CCCCC1CN. The first kappa shape index (κ1) is 15.8. The van der Waals surface area contributed by atoms with Gasteiger partial charge in [0.1, 0.15) is 0 Å². The Kier molecular flexibility index (Phi) is 5.07. The van der Waals surface area contributed by atoms with Gasteiger partial charge in [-0.2, -0.15) is 0 Å². The number of carbonyl (C=O) groups excluding carboxylic acids is 1. The molecule has 0 aromatic carbocycles. The molecule has 0 spiro atoms. The molecule has 3 unspecified atom stereocenters. The quantitative estimate of drug-likeness (QED) is 0.832. The van der Waals surface area contributed by atoms with Crippen molar-refractivity contribution in [2.45, 2.75) is 44.6 Å². The van der Waals surface area contributed by atoms with E-state index in [2.05, 4.69) is 0 Å². The highest BCUT2D eigenvalue weighted by molar-refractivity contribution is 7.91. The van der Waals surface area contributed by atoms with Crippen LogP contribution < -0.4 is 5.73 Å². The van der Waals surface area contributed by atoms with Gasteiger partial charge in [-0.25, -0.2) is 8.42 Å². The number of sulfone groups is 1. The van der Waals surface area contributed by atoms with Crippen LogP contribution in [0.25, 0.3) is 0 Å². The number of nitrogens with zero attached hydrogens (tertiary/aromatic N) is 1. The average molecular weight is 302 g/mol. The van der Waals surface area contributed by atoms with E-state index in [4.69, 9.17) is 5.73 Å². The third-order valence-electron chi connectivity index (χ3n) is 4.85. The van der Waals surface area contributed by atoms with Gasteiger partial charge in [-0.05, 0) is 37.6 Å². The van der Waals surface area contributed by atoms with Crippen LogP contribution >= 0.6 is 0 Å². The molecule has 116 valence electrons. The minimum absolute atomic E-state index is 0.00914. The van der Waals surface area contributed by atoms with Gasteiger partial charge in [-0.15, -0.1) is 0 Å². The second-order valence-corrected chi connectivity index (χ2v) is 8.55. The topological polar surface area (TPSA) is 80.5 Å². The molecule has 1 saturated heterocycles. The summed E-state index contributed by atoms with van der Waals surface area (Å²) in [7, 11) is -1.05. The lowest BCUT2D eigenvalue weighted by atomic mass is 9.83. The maximum atomic E-state index is 12.4. The fourth-order valence-electron chi connectivity index (χ4n) is 3.58. The molecule has 0 aromatic rings. The summed E-state index contributed by atoms with van der Waals surface area (Å²) in [4.78, 5) is 14.2. The van der Waals surface area contributed by atoms with Gasteiger partial charge >= 0.3 is 0 Å². The molecule has 0 radical (unpaired) electrons. The van der Waals surface area contributed by atoms with Gasteiger partial charge in [0.2, 0.25) is 5.91 Å². The summed E-state index contributed by atoms with van der Waals surface area (Å²) >= 11 is 0. The van der Waals surface area contributed by atoms with Crippen LogP contribution in [0.4, 0.5) is 0 Å². The summed E-state index contributed by atoms with van der Waals surface area (Å²) in [6.45, 7) is 0.625. The predicted octanol–water partition coefficient (Wildman–Crippen LogP) is 0.787. The maximum Gasteiger partial charge on any atom is 0.222 e. The van der Waals surface area contributed by atoms with Crippen LogP contribution in [0.5, 0.6) is 0 Å². The molecule has 3 atom stereocenters. The molecule has 1 saturated carbocycles. The largest absolute Gasteiger partial charge is 0.342 e. The average Bonchev–Trinajstić information content (AvgIpc) is 2.76. The van der Waals surface area contributed by atoms with Gasteiger partial charge in [0.05, 0.1) is 11.5 Å². The Labute approximate surface area is 121 Å². The van der Waals surface area contributed by atoms with E-state index >= 15 is 0 Å². The van der Waals surface area contributed by atoms with Crippen LogP contribution in [0.1, 0.15) is 38.5 Å². The molecule has 5 nitrogen and oxygen atoms in total. The lowest BCUT2D eigenvalue weighted by Crippen LogP contribution is -2.46. The molecule has 20 heavy (non-hydrogen) atoms. The van der Waals surface area contributed by atoms with E-state index in [9.17, 15) is 13.2 Å². The van der Waals surface area contributed by atoms with Crippen molar-refractivity contribution in [1.82, 2.24) is 4.90 Å². The number of amides is 1. The predicted molar refractivity (Wildman–Crippen MR) is 78.9 cm³/mol. The number of hydrogen-bond acceptors (Lipinski definition) is 4. The number of hydrogen-bond donors (Lipinski definition) is 1. The maximum absolute atomic E-state index is 12.4. The molecule has 2 N–H and O–H groups in total. The molecule has 1 aliphatic heterocycles. The fraction of sp³-hybridized carbons (Fsp3) is 0.929. The van der Waals surface area contributed by atoms with E-state index in [0.29, 0.717) is 25.3 Å². The molecular formula is C14H26N2O3S. The summed E-state index contributed by atoms with van der Waals surface area (Å²) in [6.07, 6.45) is 5.46. The summed E-state index contributed by atoms with van der Waals surface area (Å²) in [5.41, 5.74) is 5.81. The molecule has 0 bridgehead atoms. The second kappa shape index (κ2) is 6.43. The van der Waals surface area contributed by atoms with Crippen molar-refractivity contribution < 1.29 is 13.2 Å². The zero-order chi connectivity index (χ0) is 14.8. The Morgan fingerprint density at radius 1 is 1.25 bits per heavy atom. The zero-order valence-electron chi connectivity index (χ0n) is 12.3. The molecule has 1 amide bonds. The minimum Gasteiger partial charge on any atom is -0.342 e. The van der Waals surface area contributed by atoms with Gasteiger partial charge in [0.15, 0.2) is 9.84 Å². The monoisotopic (exact) mass is 302 g/mol. The Hall–Kier alpha value is -0.620. The summed E-state index contributed by atoms with van der Waals surface area (Å²) in [5.74, 6) is 0.901. The highest BCUT2D eigenvalue weighted by Gasteiger charge is 2.33. The molecule has 2 rings (SSSR count). The molecule has 6 heteroatoms. The molecular weight excluding hydrogens is 276 g/mol. The molecule has 0 aromatic heterocycles. The number of nitrogens with two attached hydrogens (primary N) is 1. The van der Waals surface area contributed by atoms with Crippen molar-refractivity contribution in [3.63, 3.8) is 0 Å². The second-order valence-electron chi connectivity index (χ2n) is 6.33. The first-order valence-corrected chi connectivity index (χ1v) is 9.41. The summed E-state index contributed by atoms with van der Waals surface area (Å²) < 4.78 is 22.9. The van der Waals surface area contributed by atoms with Crippen LogP contribution in [-0.4, -0.2) is 50.4 Å². The molecule has 1 heterocycles. The van der Waals surface area contributed by atoms with Crippen molar-refractivity contribution >= 4 is 15.7 Å². The van der Waals surface area contributed by atoms with Crippen molar-refractivity contribution in [1.29, 1.82) is 0 Å². The third-order valence-corrected chi connectivity index (χ3v) is 6.69. The van der Waals surface area contributed by atoms with Crippen molar-refractivity contribution in [2.24, 2.45) is 17.6 Å². The smallest absolute Gasteiger partial charge is 0.222 e. The number of carbonyl (C=O) groups is 1. The molecule has 2 aliphatic rings. The number of rotatable bonds is 4. The van der Waals surface area contributed by atoms with Gasteiger partial charge in [0, 0.05) is 19.5 Å². The first-order chi connectivity index (χ1) is 9.43. The van der Waals surface area contributed by atoms with Gasteiger partial charge < -0.3 is 10.6 Å². The third kappa shape index (κ3) is 3.73. The van der Waals surface area contributed by atoms with Crippen LogP contribution in [-0.2, 0) is 14.6 Å². The highest BCUT2D eigenvalue weighted by Crippen LogP contribution is 2.29. The normalized spacial score (nSPS) is 33.0. The van der Waals surface area contributed by atoms with Crippen LogP contribution in [0, 0.1) is 11.8 Å². The highest BCUT2D eigenvalue weighted by atomic mass is 32.2. The van der Waals surface area contributed by atoms with Gasteiger partial charge in [-0.3, -0.25) is 4.79 Å². The van der Waals surface area contributed by atoms with Crippen molar-refractivity contribution in [3.8, 4) is 0 Å². The van der Waals surface area contributed by atoms with Crippen LogP contribution in [0.2, 0.25) is 0 Å². The Bertz CT molecular complexity index is 449. The first-order valence-electron chi connectivity index (χ1n) is 7.59. The minimum atomic E-state index is -2.90. The lowest BCUT2D eigenvalue weighted by molar-refractivity contribution is -0.134. The van der Waals surface area contributed by atoms with Crippen molar-refractivity contribution in [2.75, 3.05) is 25.1 Å². The summed E-state index contributed by atoms with van der Waals surface area (Å²) in [5, 5.41) is 0. The van der Waals surface area contributed by atoms with E-state index in [0.717, 1.165) is 19.3 Å². The van der Waals surface area contributed by atoms with Gasteiger partial charge in [0.25, 0.3) is 0 Å². The van der Waals surface area contributed by atoms with Gasteiger partial charge in [-0.1, -0.05) is 12.8 Å². The van der Waals surface area contributed by atoms with Crippen LogP contribution in [0.15, 0.2) is 0 Å². The Morgan fingerprint density at radius 3 is 2.55 bits per heavy atom. The van der Waals surface area contributed by atoms with E-state index < -0.39 is 9.84 Å². The molecule has 2 fully saturated rings. The van der Waals surface area contributed by atoms with Crippen molar-refractivity contribution in [3.05, 3.63) is 0 Å². The van der Waals surface area contributed by atoms with Crippen LogP contribution in [0.3, 0.4) is 0 Å². The van der Waals surface area contributed by atoms with E-state index in [1.807, 2.05) is 11.9 Å². The Morgan fingerprint density at radius 2 is 1.95 bits per heavy atom. The Balaban J connectivity index is 1.91. The summed E-state index contributed by atoms with van der Waals surface area (Å²) in [6, 6.07) is 0.235. The standard InChI is InChI=1S/C14H26N2O3S/c1-16(13-5-3-2-4-12(13)9-15)14(17)8-11-6-7-20(18,19)10-11/h11-13H,2-10,15H2,1H3. The fourth-order valence-corrected chi connectivity index (χ4v) is 5.44.